The van der Waals surface area contributed by atoms with Crippen molar-refractivity contribution in [2.75, 3.05) is 0 Å². The number of aliphatic carboxylic acids is 1. The molecule has 0 bridgehead atoms. The van der Waals surface area contributed by atoms with Gasteiger partial charge in [0.05, 0.1) is 5.41 Å². The van der Waals surface area contributed by atoms with Gasteiger partial charge in [-0.2, -0.15) is 0 Å². The van der Waals surface area contributed by atoms with Gasteiger partial charge in [-0.3, -0.25) is 4.79 Å². The minimum Gasteiger partial charge on any atom is -0.481 e. The first kappa shape index (κ1) is 10.4. The minimum absolute atomic E-state index is 0.665. The number of fused-ring (bicyclic) bond motifs is 1. The Balaban J connectivity index is 2.25. The summed E-state index contributed by atoms with van der Waals surface area (Å²) in [6, 6.07) is 7.88. The SMILES string of the molecule is O=C(O)C1(c2cccc3[nH]ccc23)CCCC1. The summed E-state index contributed by atoms with van der Waals surface area (Å²) >= 11 is 0. The fraction of sp³-hybridized carbons (Fsp3) is 0.357. The number of aromatic amines is 1. The first-order valence-corrected chi connectivity index (χ1v) is 6.04. The molecule has 0 atom stereocenters. The van der Waals surface area contributed by atoms with Gasteiger partial charge in [0.2, 0.25) is 0 Å². The lowest BCUT2D eigenvalue weighted by Crippen LogP contribution is -2.32. The molecule has 2 N–H and O–H groups in total. The summed E-state index contributed by atoms with van der Waals surface area (Å²) in [6.45, 7) is 0. The molecule has 0 radical (unpaired) electrons. The molecule has 1 aliphatic carbocycles. The zero-order valence-corrected chi connectivity index (χ0v) is 9.57. The van der Waals surface area contributed by atoms with Crippen LogP contribution in [0.15, 0.2) is 30.5 Å². The lowest BCUT2D eigenvalue weighted by Gasteiger charge is -2.25. The molecular weight excluding hydrogens is 214 g/mol. The second-order valence-electron chi connectivity index (χ2n) is 4.84. The molecule has 17 heavy (non-hydrogen) atoms. The van der Waals surface area contributed by atoms with Crippen LogP contribution in [0.4, 0.5) is 0 Å². The quantitative estimate of drug-likeness (QED) is 0.831. The van der Waals surface area contributed by atoms with E-state index in [9.17, 15) is 9.90 Å². The largest absolute Gasteiger partial charge is 0.481 e. The Morgan fingerprint density at radius 1 is 1.24 bits per heavy atom. The van der Waals surface area contributed by atoms with Gasteiger partial charge < -0.3 is 10.1 Å². The molecule has 3 rings (SSSR count). The number of carboxylic acid groups (broad SMARTS) is 1. The van der Waals surface area contributed by atoms with Gasteiger partial charge in [-0.25, -0.2) is 0 Å². The Morgan fingerprint density at radius 2 is 2.00 bits per heavy atom. The Hall–Kier alpha value is -1.77. The Labute approximate surface area is 99.5 Å². The normalized spacial score (nSPS) is 18.6. The summed E-state index contributed by atoms with van der Waals surface area (Å²) in [5.41, 5.74) is 1.33. The fourth-order valence-corrected chi connectivity index (χ4v) is 3.08. The van der Waals surface area contributed by atoms with Crippen molar-refractivity contribution in [2.24, 2.45) is 0 Å². The first-order chi connectivity index (χ1) is 8.24. The maximum Gasteiger partial charge on any atom is 0.314 e. The molecule has 1 fully saturated rings. The van der Waals surface area contributed by atoms with Crippen molar-refractivity contribution in [3.8, 4) is 0 Å². The molecule has 0 amide bonds. The Morgan fingerprint density at radius 3 is 2.71 bits per heavy atom. The summed E-state index contributed by atoms with van der Waals surface area (Å²) in [4.78, 5) is 14.8. The number of rotatable bonds is 2. The monoisotopic (exact) mass is 229 g/mol. The molecule has 3 nitrogen and oxygen atoms in total. The number of aromatic nitrogens is 1. The second kappa shape index (κ2) is 3.62. The molecule has 1 heterocycles. The van der Waals surface area contributed by atoms with E-state index in [1.165, 1.54) is 0 Å². The van der Waals surface area contributed by atoms with Gasteiger partial charge in [-0.15, -0.1) is 0 Å². The number of hydrogen-bond donors (Lipinski definition) is 2. The molecule has 1 aromatic heterocycles. The van der Waals surface area contributed by atoms with Crippen molar-refractivity contribution < 1.29 is 9.90 Å². The third kappa shape index (κ3) is 1.38. The minimum atomic E-state index is -0.677. The van der Waals surface area contributed by atoms with Gasteiger partial charge in [-0.05, 0) is 30.5 Å². The van der Waals surface area contributed by atoms with Crippen molar-refractivity contribution in [3.05, 3.63) is 36.0 Å². The van der Waals surface area contributed by atoms with Crippen molar-refractivity contribution in [1.29, 1.82) is 0 Å². The first-order valence-electron chi connectivity index (χ1n) is 6.04. The Kier molecular flexibility index (Phi) is 2.21. The van der Waals surface area contributed by atoms with E-state index in [0.29, 0.717) is 0 Å². The van der Waals surface area contributed by atoms with E-state index in [1.807, 2.05) is 30.5 Å². The number of nitrogens with one attached hydrogen (secondary N) is 1. The average Bonchev–Trinajstić information content (AvgIpc) is 2.98. The van der Waals surface area contributed by atoms with Crippen molar-refractivity contribution >= 4 is 16.9 Å². The zero-order valence-electron chi connectivity index (χ0n) is 9.57. The number of H-pyrrole nitrogens is 1. The van der Waals surface area contributed by atoms with Gasteiger partial charge in [0.1, 0.15) is 0 Å². The average molecular weight is 229 g/mol. The highest BCUT2D eigenvalue weighted by atomic mass is 16.4. The highest BCUT2D eigenvalue weighted by Gasteiger charge is 2.43. The summed E-state index contributed by atoms with van der Waals surface area (Å²) in [6.07, 6.45) is 5.40. The highest BCUT2D eigenvalue weighted by Crippen LogP contribution is 2.43. The van der Waals surface area contributed by atoms with Crippen LogP contribution in [0, 0.1) is 0 Å². The van der Waals surface area contributed by atoms with E-state index >= 15 is 0 Å². The molecule has 3 heteroatoms. The molecule has 0 unspecified atom stereocenters. The van der Waals surface area contributed by atoms with Crippen LogP contribution in [0.5, 0.6) is 0 Å². The lowest BCUT2D eigenvalue weighted by molar-refractivity contribution is -0.143. The van der Waals surface area contributed by atoms with E-state index in [-0.39, 0.29) is 0 Å². The molecule has 0 aliphatic heterocycles. The molecular formula is C14H15NO2. The smallest absolute Gasteiger partial charge is 0.314 e. The van der Waals surface area contributed by atoms with Crippen LogP contribution in [0.2, 0.25) is 0 Å². The number of carboxylic acids is 1. The lowest BCUT2D eigenvalue weighted by atomic mass is 9.77. The van der Waals surface area contributed by atoms with E-state index < -0.39 is 11.4 Å². The maximum atomic E-state index is 11.7. The van der Waals surface area contributed by atoms with Crippen LogP contribution in [-0.2, 0) is 10.2 Å². The molecule has 1 aliphatic rings. The third-order valence-corrected chi connectivity index (χ3v) is 3.98. The fourth-order valence-electron chi connectivity index (χ4n) is 3.08. The predicted octanol–water partition coefficient (Wildman–Crippen LogP) is 3.06. The van der Waals surface area contributed by atoms with Gasteiger partial charge in [0.25, 0.3) is 0 Å². The van der Waals surface area contributed by atoms with Crippen LogP contribution in [0.1, 0.15) is 31.2 Å². The molecule has 0 saturated heterocycles. The summed E-state index contributed by atoms with van der Waals surface area (Å²) in [7, 11) is 0. The molecule has 1 aromatic carbocycles. The predicted molar refractivity (Wildman–Crippen MR) is 66.1 cm³/mol. The highest BCUT2D eigenvalue weighted by molar-refractivity contribution is 5.92. The number of hydrogen-bond acceptors (Lipinski definition) is 1. The van der Waals surface area contributed by atoms with Crippen molar-refractivity contribution in [3.63, 3.8) is 0 Å². The van der Waals surface area contributed by atoms with Crippen LogP contribution >= 0.6 is 0 Å². The van der Waals surface area contributed by atoms with Gasteiger partial charge in [0.15, 0.2) is 0 Å². The van der Waals surface area contributed by atoms with Crippen LogP contribution < -0.4 is 0 Å². The van der Waals surface area contributed by atoms with E-state index in [1.54, 1.807) is 0 Å². The van der Waals surface area contributed by atoms with Gasteiger partial charge >= 0.3 is 5.97 Å². The van der Waals surface area contributed by atoms with E-state index in [0.717, 1.165) is 42.1 Å². The summed E-state index contributed by atoms with van der Waals surface area (Å²) in [5, 5.41) is 10.7. The standard InChI is InChI=1S/C14H15NO2/c16-13(17)14(7-1-2-8-14)11-4-3-5-12-10(11)6-9-15-12/h3-6,9,15H,1-2,7-8H2,(H,16,17). The van der Waals surface area contributed by atoms with Crippen molar-refractivity contribution in [2.45, 2.75) is 31.1 Å². The number of benzene rings is 1. The Bertz CT molecular complexity index is 564. The van der Waals surface area contributed by atoms with Gasteiger partial charge in [-0.1, -0.05) is 25.0 Å². The van der Waals surface area contributed by atoms with Crippen LogP contribution in [-0.4, -0.2) is 16.1 Å². The molecule has 88 valence electrons. The third-order valence-electron chi connectivity index (χ3n) is 3.98. The molecule has 1 saturated carbocycles. The second-order valence-corrected chi connectivity index (χ2v) is 4.84. The topological polar surface area (TPSA) is 53.1 Å². The van der Waals surface area contributed by atoms with Crippen molar-refractivity contribution in [1.82, 2.24) is 4.98 Å². The maximum absolute atomic E-state index is 11.7. The molecule has 0 spiro atoms. The van der Waals surface area contributed by atoms with E-state index in [2.05, 4.69) is 4.98 Å². The van der Waals surface area contributed by atoms with E-state index in [4.69, 9.17) is 0 Å². The summed E-state index contributed by atoms with van der Waals surface area (Å²) in [5.74, 6) is -0.677. The van der Waals surface area contributed by atoms with Crippen LogP contribution in [0.3, 0.4) is 0 Å². The van der Waals surface area contributed by atoms with Gasteiger partial charge in [0, 0.05) is 17.1 Å². The zero-order chi connectivity index (χ0) is 11.9. The summed E-state index contributed by atoms with van der Waals surface area (Å²) < 4.78 is 0. The molecule has 2 aromatic rings. The number of carbonyl (C=O) groups is 1. The van der Waals surface area contributed by atoms with Crippen LogP contribution in [0.25, 0.3) is 10.9 Å².